The van der Waals surface area contributed by atoms with Crippen molar-refractivity contribution in [2.45, 2.75) is 71.1 Å². The van der Waals surface area contributed by atoms with Gasteiger partial charge in [0.25, 0.3) is 0 Å². The Labute approximate surface area is 208 Å². The second-order valence-electron chi connectivity index (χ2n) is 9.97. The first-order chi connectivity index (χ1) is 16.5. The van der Waals surface area contributed by atoms with Gasteiger partial charge in [0.15, 0.2) is 0 Å². The molecule has 0 amide bonds. The van der Waals surface area contributed by atoms with Crippen LogP contribution in [0.3, 0.4) is 0 Å². The molecule has 0 aliphatic heterocycles. The number of aryl methyl sites for hydroxylation is 3. The topological polar surface area (TPSA) is 0 Å². The molecule has 0 spiro atoms. The molecule has 0 bridgehead atoms. The molecule has 4 rings (SSSR count). The van der Waals surface area contributed by atoms with Gasteiger partial charge in [-0.2, -0.15) is 0 Å². The Morgan fingerprint density at radius 2 is 1.24 bits per heavy atom. The maximum absolute atomic E-state index is 14.7. The molecule has 0 N–H and O–H groups in total. The third-order valence-corrected chi connectivity index (χ3v) is 7.78. The van der Waals surface area contributed by atoms with Gasteiger partial charge in [-0.05, 0) is 84.4 Å². The van der Waals surface area contributed by atoms with E-state index in [1.54, 1.807) is 18.2 Å². The van der Waals surface area contributed by atoms with Gasteiger partial charge in [-0.3, -0.25) is 0 Å². The minimum Gasteiger partial charge on any atom is -0.206 e. The molecule has 1 fully saturated rings. The van der Waals surface area contributed by atoms with Gasteiger partial charge in [0.05, 0.1) is 5.02 Å². The van der Waals surface area contributed by atoms with E-state index in [0.29, 0.717) is 11.1 Å². The third kappa shape index (κ3) is 6.69. The van der Waals surface area contributed by atoms with Gasteiger partial charge in [0.2, 0.25) is 0 Å². The molecule has 180 valence electrons. The van der Waals surface area contributed by atoms with E-state index in [0.717, 1.165) is 30.2 Å². The molecule has 1 aliphatic carbocycles. The van der Waals surface area contributed by atoms with Crippen LogP contribution in [0.4, 0.5) is 8.78 Å². The molecule has 0 heterocycles. The fourth-order valence-corrected chi connectivity index (χ4v) is 5.44. The van der Waals surface area contributed by atoms with E-state index in [2.05, 4.69) is 31.2 Å². The molecule has 1 aliphatic rings. The van der Waals surface area contributed by atoms with Crippen LogP contribution in [-0.2, 0) is 19.3 Å². The van der Waals surface area contributed by atoms with Crippen molar-refractivity contribution in [3.63, 3.8) is 0 Å². The summed E-state index contributed by atoms with van der Waals surface area (Å²) in [7, 11) is 0. The Hall–Kier alpha value is -2.19. The lowest BCUT2D eigenvalue weighted by molar-refractivity contribution is 0.253. The highest BCUT2D eigenvalue weighted by atomic mass is 35.5. The van der Waals surface area contributed by atoms with Crippen molar-refractivity contribution in [2.75, 3.05) is 0 Å². The maximum atomic E-state index is 14.7. The fourth-order valence-electron chi connectivity index (χ4n) is 5.32. The first-order valence-corrected chi connectivity index (χ1v) is 13.2. The number of halogens is 3. The third-order valence-electron chi connectivity index (χ3n) is 7.47. The summed E-state index contributed by atoms with van der Waals surface area (Å²) in [6, 6.07) is 19.0. The summed E-state index contributed by atoms with van der Waals surface area (Å²) in [5.74, 6) is 0.745. The average molecular weight is 481 g/mol. The van der Waals surface area contributed by atoms with Crippen molar-refractivity contribution in [2.24, 2.45) is 11.8 Å². The minimum absolute atomic E-state index is 0.0524. The molecule has 3 aromatic rings. The van der Waals surface area contributed by atoms with E-state index in [4.69, 9.17) is 11.6 Å². The molecule has 3 heteroatoms. The molecule has 34 heavy (non-hydrogen) atoms. The van der Waals surface area contributed by atoms with Gasteiger partial charge in [-0.1, -0.05) is 93.1 Å². The Morgan fingerprint density at radius 1 is 0.676 bits per heavy atom. The molecular formula is C31H35ClF2. The number of rotatable bonds is 9. The molecule has 1 saturated carbocycles. The maximum Gasteiger partial charge on any atom is 0.142 e. The van der Waals surface area contributed by atoms with Gasteiger partial charge in [-0.15, -0.1) is 0 Å². The Bertz CT molecular complexity index is 1070. The molecule has 0 radical (unpaired) electrons. The van der Waals surface area contributed by atoms with Gasteiger partial charge >= 0.3 is 0 Å². The van der Waals surface area contributed by atoms with E-state index < -0.39 is 5.82 Å². The van der Waals surface area contributed by atoms with Crippen molar-refractivity contribution in [1.82, 2.24) is 0 Å². The van der Waals surface area contributed by atoms with Crippen molar-refractivity contribution >= 4 is 11.6 Å². The number of benzene rings is 3. The van der Waals surface area contributed by atoms with Gasteiger partial charge in [0, 0.05) is 5.56 Å². The minimum atomic E-state index is -0.525. The Kier molecular flexibility index (Phi) is 8.78. The van der Waals surface area contributed by atoms with Crippen LogP contribution < -0.4 is 0 Å². The van der Waals surface area contributed by atoms with Crippen molar-refractivity contribution in [1.29, 1.82) is 0 Å². The zero-order valence-corrected chi connectivity index (χ0v) is 20.9. The summed E-state index contributed by atoms with van der Waals surface area (Å²) in [6.07, 6.45) is 12.0. The SMILES string of the molecule is CCCc1ccc(CCC2CCC(CCc3ccc(-c4ccc(Cl)c(F)c4)c(F)c3)CC2)cc1. The summed E-state index contributed by atoms with van der Waals surface area (Å²) in [5.41, 5.74) is 4.86. The van der Waals surface area contributed by atoms with Crippen molar-refractivity contribution in [3.05, 3.63) is 94.0 Å². The van der Waals surface area contributed by atoms with Crippen LogP contribution >= 0.6 is 11.6 Å². The quantitative estimate of drug-likeness (QED) is 0.286. The van der Waals surface area contributed by atoms with Crippen LogP contribution in [0, 0.1) is 23.5 Å². The summed E-state index contributed by atoms with van der Waals surface area (Å²) in [5, 5.41) is 0.0524. The van der Waals surface area contributed by atoms with Gasteiger partial charge < -0.3 is 0 Å². The van der Waals surface area contributed by atoms with E-state index in [1.165, 1.54) is 74.6 Å². The zero-order chi connectivity index (χ0) is 23.9. The van der Waals surface area contributed by atoms with E-state index in [9.17, 15) is 8.78 Å². The van der Waals surface area contributed by atoms with Crippen LogP contribution in [0.15, 0.2) is 60.7 Å². The van der Waals surface area contributed by atoms with Crippen molar-refractivity contribution < 1.29 is 8.78 Å². The highest BCUT2D eigenvalue weighted by Crippen LogP contribution is 2.34. The molecule has 0 unspecified atom stereocenters. The zero-order valence-electron chi connectivity index (χ0n) is 20.1. The molecular weight excluding hydrogens is 446 g/mol. The highest BCUT2D eigenvalue weighted by Gasteiger charge is 2.21. The lowest BCUT2D eigenvalue weighted by Gasteiger charge is -2.28. The molecule has 0 saturated heterocycles. The Morgan fingerprint density at radius 3 is 1.79 bits per heavy atom. The lowest BCUT2D eigenvalue weighted by Crippen LogP contribution is -2.15. The summed E-state index contributed by atoms with van der Waals surface area (Å²) in [4.78, 5) is 0. The van der Waals surface area contributed by atoms with Crippen LogP contribution in [0.1, 0.15) is 68.6 Å². The van der Waals surface area contributed by atoms with Crippen LogP contribution in [0.25, 0.3) is 11.1 Å². The molecule has 0 nitrogen and oxygen atoms in total. The normalized spacial score (nSPS) is 18.2. The van der Waals surface area contributed by atoms with E-state index in [1.807, 2.05) is 6.07 Å². The first-order valence-electron chi connectivity index (χ1n) is 12.8. The summed E-state index contributed by atoms with van der Waals surface area (Å²) < 4.78 is 28.5. The second-order valence-corrected chi connectivity index (χ2v) is 10.4. The second kappa shape index (κ2) is 12.0. The van der Waals surface area contributed by atoms with Crippen molar-refractivity contribution in [3.8, 4) is 11.1 Å². The van der Waals surface area contributed by atoms with Crippen LogP contribution in [-0.4, -0.2) is 0 Å². The van der Waals surface area contributed by atoms with E-state index >= 15 is 0 Å². The molecule has 3 aromatic carbocycles. The smallest absolute Gasteiger partial charge is 0.142 e. The predicted molar refractivity (Wildman–Crippen MR) is 139 cm³/mol. The van der Waals surface area contributed by atoms with Gasteiger partial charge in [-0.25, -0.2) is 8.78 Å². The standard InChI is InChI=1S/C31H35ClF2/c1-2-3-22-4-6-23(7-5-22)8-9-24-10-12-25(13-11-24)14-15-26-16-18-28(30(33)20-26)27-17-19-29(32)31(34)21-27/h4-7,16-21,24-25H,2-3,8-15H2,1H3. The largest absolute Gasteiger partial charge is 0.206 e. The fraction of sp³-hybridized carbons (Fsp3) is 0.419. The van der Waals surface area contributed by atoms with Crippen LogP contribution in [0.5, 0.6) is 0 Å². The average Bonchev–Trinajstić information content (AvgIpc) is 2.85. The summed E-state index contributed by atoms with van der Waals surface area (Å²) in [6.45, 7) is 2.23. The molecule has 0 aromatic heterocycles. The van der Waals surface area contributed by atoms with E-state index in [-0.39, 0.29) is 10.8 Å². The number of hydrogen-bond acceptors (Lipinski definition) is 0. The van der Waals surface area contributed by atoms with Gasteiger partial charge in [0.1, 0.15) is 11.6 Å². The first kappa shape index (κ1) is 24.9. The summed E-state index contributed by atoms with van der Waals surface area (Å²) >= 11 is 5.75. The van der Waals surface area contributed by atoms with Crippen LogP contribution in [0.2, 0.25) is 5.02 Å². The Balaban J connectivity index is 1.21. The monoisotopic (exact) mass is 480 g/mol. The highest BCUT2D eigenvalue weighted by molar-refractivity contribution is 6.30. The lowest BCUT2D eigenvalue weighted by atomic mass is 9.77. The molecule has 0 atom stereocenters. The number of hydrogen-bond donors (Lipinski definition) is 0. The predicted octanol–water partition coefficient (Wildman–Crippen LogP) is 9.61.